The molecular weight excluding hydrogens is 743 g/mol. The Kier molecular flexibility index (Phi) is 10.0. The number of fused-ring (bicyclic) bond motifs is 1. The third-order valence-electron chi connectivity index (χ3n) is 11.0. The average Bonchev–Trinajstić information content (AvgIpc) is 3.35. The Labute approximate surface area is 355 Å². The van der Waals surface area contributed by atoms with Gasteiger partial charge in [0.2, 0.25) is 0 Å². The topological polar surface area (TPSA) is 74.6 Å². The first kappa shape index (κ1) is 37.0. The molecule has 8 aromatic carbocycles. The van der Waals surface area contributed by atoms with Crippen molar-refractivity contribution in [2.45, 2.75) is 0 Å². The first-order valence-electron chi connectivity index (χ1n) is 20.4. The summed E-state index contributed by atoms with van der Waals surface area (Å²) in [6, 6.07) is 74.4. The molecule has 0 aliphatic carbocycles. The van der Waals surface area contributed by atoms with Gasteiger partial charge in [-0.15, -0.1) is 0 Å². The first-order valence-corrected chi connectivity index (χ1v) is 20.4. The van der Waals surface area contributed by atoms with E-state index in [2.05, 4.69) is 115 Å². The Morgan fingerprint density at radius 3 is 1.36 bits per heavy atom. The summed E-state index contributed by atoms with van der Waals surface area (Å²) in [5, 5.41) is 13.5. The molecule has 2 heterocycles. The molecule has 0 saturated heterocycles. The van der Waals surface area contributed by atoms with Gasteiger partial charge in [0.1, 0.15) is 0 Å². The van der Waals surface area contributed by atoms with Crippen molar-refractivity contribution in [3.05, 3.63) is 246 Å². The van der Waals surface area contributed by atoms with Gasteiger partial charge in [-0.05, 0) is 51.1 Å². The van der Waals surface area contributed by atoms with Crippen LogP contribution in [-0.2, 0) is 0 Å². The van der Waals surface area contributed by atoms with Gasteiger partial charge in [-0.2, -0.15) is 0 Å². The zero-order chi connectivity index (χ0) is 41.0. The number of hydrogen-bond acceptors (Lipinski definition) is 5. The summed E-state index contributed by atoms with van der Waals surface area (Å²) in [5.74, 6) is 1.90. The van der Waals surface area contributed by atoms with E-state index in [0.29, 0.717) is 23.2 Å². The highest BCUT2D eigenvalue weighted by Gasteiger charge is 2.25. The molecule has 0 unspecified atom stereocenters. The van der Waals surface area contributed by atoms with Gasteiger partial charge < -0.3 is 5.32 Å². The molecule has 288 valence electrons. The molecule has 9 aromatic rings. The van der Waals surface area contributed by atoms with E-state index in [1.54, 1.807) is 0 Å². The minimum absolute atomic E-state index is 0.454. The van der Waals surface area contributed by atoms with Crippen LogP contribution < -0.4 is 5.32 Å². The molecule has 0 atom stereocenters. The predicted octanol–water partition coefficient (Wildman–Crippen LogP) is 13.2. The van der Waals surface area contributed by atoms with E-state index < -0.39 is 0 Å². The third kappa shape index (κ3) is 7.60. The van der Waals surface area contributed by atoms with Crippen molar-refractivity contribution in [2.24, 2.45) is 0 Å². The predicted molar refractivity (Wildman–Crippen MR) is 251 cm³/mol. The van der Waals surface area contributed by atoms with Crippen molar-refractivity contribution in [2.75, 3.05) is 0 Å². The molecule has 2 N–H and O–H groups in total. The summed E-state index contributed by atoms with van der Waals surface area (Å²) in [4.78, 5) is 14.7. The molecule has 0 amide bonds. The van der Waals surface area contributed by atoms with Gasteiger partial charge in [0.15, 0.2) is 17.5 Å². The third-order valence-corrected chi connectivity index (χ3v) is 11.0. The second-order valence-corrected chi connectivity index (χ2v) is 14.9. The van der Waals surface area contributed by atoms with Crippen LogP contribution >= 0.6 is 0 Å². The fourth-order valence-electron chi connectivity index (χ4n) is 7.93. The molecule has 1 aliphatic rings. The summed E-state index contributed by atoms with van der Waals surface area (Å²) in [6.45, 7) is 0. The van der Waals surface area contributed by atoms with E-state index in [0.717, 1.165) is 83.7 Å². The zero-order valence-electron chi connectivity index (χ0n) is 33.2. The molecule has 0 radical (unpaired) electrons. The van der Waals surface area contributed by atoms with Gasteiger partial charge in [0.05, 0.1) is 11.4 Å². The molecule has 1 aromatic heterocycles. The lowest BCUT2D eigenvalue weighted by Gasteiger charge is -2.27. The number of nitrogens with zero attached hydrogens (tertiary/aromatic N) is 3. The molecule has 0 fully saturated rings. The Bertz CT molecular complexity index is 3010. The van der Waals surface area contributed by atoms with Gasteiger partial charge in [0, 0.05) is 39.1 Å². The van der Waals surface area contributed by atoms with E-state index >= 15 is 0 Å². The second-order valence-electron chi connectivity index (χ2n) is 14.9. The summed E-state index contributed by atoms with van der Waals surface area (Å²) >= 11 is 0. The molecule has 10 rings (SSSR count). The quantitative estimate of drug-likeness (QED) is 0.143. The van der Waals surface area contributed by atoms with Gasteiger partial charge >= 0.3 is 0 Å². The molecule has 5 nitrogen and oxygen atoms in total. The summed E-state index contributed by atoms with van der Waals surface area (Å²) in [5.41, 5.74) is 15.4. The normalized spacial score (nSPS) is 12.8. The van der Waals surface area contributed by atoms with Crippen LogP contribution in [0.25, 0.3) is 79.5 Å². The van der Waals surface area contributed by atoms with Gasteiger partial charge in [0.25, 0.3) is 0 Å². The second kappa shape index (κ2) is 16.5. The number of rotatable bonds is 9. The lowest BCUT2D eigenvalue weighted by Crippen LogP contribution is -2.20. The maximum atomic E-state index is 9.66. The van der Waals surface area contributed by atoms with E-state index in [1.165, 1.54) is 0 Å². The fraction of sp³-hybridized carbons (Fsp3) is 0. The van der Waals surface area contributed by atoms with Crippen LogP contribution in [-0.4, -0.2) is 20.7 Å². The molecule has 0 saturated carbocycles. The zero-order valence-corrected chi connectivity index (χ0v) is 33.2. The van der Waals surface area contributed by atoms with Crippen LogP contribution in [0.5, 0.6) is 0 Å². The van der Waals surface area contributed by atoms with Crippen LogP contribution in [0.15, 0.2) is 218 Å². The number of allylic oxidation sites excluding steroid dienone is 1. The number of hydrogen-bond donors (Lipinski definition) is 2. The highest BCUT2D eigenvalue weighted by molar-refractivity contribution is 6.36. The van der Waals surface area contributed by atoms with Crippen molar-refractivity contribution >= 4 is 28.8 Å². The molecule has 1 aliphatic heterocycles. The van der Waals surface area contributed by atoms with Crippen LogP contribution in [0.2, 0.25) is 0 Å². The summed E-state index contributed by atoms with van der Waals surface area (Å²) in [6.07, 6.45) is 2.25. The van der Waals surface area contributed by atoms with Crippen LogP contribution in [0.1, 0.15) is 27.8 Å². The van der Waals surface area contributed by atoms with E-state index in [1.807, 2.05) is 115 Å². The lowest BCUT2D eigenvalue weighted by atomic mass is 9.85. The van der Waals surface area contributed by atoms with Crippen LogP contribution in [0, 0.1) is 5.41 Å². The van der Waals surface area contributed by atoms with Gasteiger partial charge in [-0.1, -0.05) is 212 Å². The lowest BCUT2D eigenvalue weighted by molar-refractivity contribution is 1.07. The van der Waals surface area contributed by atoms with Gasteiger partial charge in [-0.25, -0.2) is 15.0 Å². The maximum absolute atomic E-state index is 9.66. The van der Waals surface area contributed by atoms with Crippen molar-refractivity contribution in [1.29, 1.82) is 5.41 Å². The number of nitrogens with one attached hydrogen (secondary N) is 2. The fourth-order valence-corrected chi connectivity index (χ4v) is 7.93. The van der Waals surface area contributed by atoms with Crippen molar-refractivity contribution in [3.63, 3.8) is 0 Å². The van der Waals surface area contributed by atoms with Crippen molar-refractivity contribution < 1.29 is 0 Å². The van der Waals surface area contributed by atoms with Crippen molar-refractivity contribution in [1.82, 2.24) is 20.3 Å². The van der Waals surface area contributed by atoms with E-state index in [4.69, 9.17) is 15.0 Å². The highest BCUT2D eigenvalue weighted by atomic mass is 15.0. The SMILES string of the molecule is N=C(/C(=C1\NC(c2ccccc2)=Cc2c1cccc2-c1cccc(-c2ccc(-c3nc(-c4ccccc4)nc(-c4ccccc4)n3)cc2)c1)c1ccccc1)c1ccccc1. The number of aromatic nitrogens is 3. The molecule has 0 spiro atoms. The Morgan fingerprint density at radius 2 is 0.787 bits per heavy atom. The Balaban J connectivity index is 1.07. The summed E-state index contributed by atoms with van der Waals surface area (Å²) in [7, 11) is 0. The number of benzene rings is 8. The molecule has 0 bridgehead atoms. The highest BCUT2D eigenvalue weighted by Crippen LogP contribution is 2.41. The monoisotopic (exact) mass is 781 g/mol. The van der Waals surface area contributed by atoms with Crippen molar-refractivity contribution in [3.8, 4) is 56.4 Å². The Morgan fingerprint density at radius 1 is 0.361 bits per heavy atom. The van der Waals surface area contributed by atoms with E-state index in [9.17, 15) is 5.41 Å². The first-order chi connectivity index (χ1) is 30.2. The Hall–Kier alpha value is -8.28. The maximum Gasteiger partial charge on any atom is 0.164 e. The van der Waals surface area contributed by atoms with Crippen LogP contribution in [0.3, 0.4) is 0 Å². The van der Waals surface area contributed by atoms with Gasteiger partial charge in [-0.3, -0.25) is 5.41 Å². The minimum Gasteiger partial charge on any atom is -0.354 e. The largest absolute Gasteiger partial charge is 0.354 e. The van der Waals surface area contributed by atoms with Crippen LogP contribution in [0.4, 0.5) is 0 Å². The molecule has 5 heteroatoms. The summed E-state index contributed by atoms with van der Waals surface area (Å²) < 4.78 is 0. The average molecular weight is 782 g/mol. The smallest absolute Gasteiger partial charge is 0.164 e. The molecular formula is C56H39N5. The minimum atomic E-state index is 0.454. The standard InChI is InChI=1S/C56H39N5/c57-52(41-22-10-3-11-23-41)51(40-20-8-2-9-21-40)53-48-31-17-30-47(49(48)37-50(58-53)39-18-6-1-7-19-39)46-29-16-28-45(36-46)38-32-34-44(35-33-38)56-60-54(42-24-12-4-13-25-42)59-55(61-56)43-26-14-5-15-27-43/h1-37,57-58H/b53-51-,57-52?. The molecule has 61 heavy (non-hydrogen) atoms. The van der Waals surface area contributed by atoms with E-state index in [-0.39, 0.29) is 0 Å².